The fraction of sp³-hybridized carbons (Fsp3) is 0.433. The fourth-order valence-corrected chi connectivity index (χ4v) is 7.10. The zero-order valence-corrected chi connectivity index (χ0v) is 22.8. The van der Waals surface area contributed by atoms with Gasteiger partial charge in [-0.2, -0.15) is 0 Å². The van der Waals surface area contributed by atoms with E-state index in [-0.39, 0.29) is 13.2 Å². The SMILES string of the molecule is C=CCN(C(=O)[C@@H]1N([C@H](CO)c2ccccc2)C(=O)[C@H]2[C@H](C(=O)OCC)[C@@H]3CC[C@]12O3)c1c(C)cccc1Cl. The summed E-state index contributed by atoms with van der Waals surface area (Å²) in [6.07, 6.45) is 2.03. The molecule has 2 aromatic carbocycles. The highest BCUT2D eigenvalue weighted by molar-refractivity contribution is 6.34. The molecule has 8 nitrogen and oxygen atoms in total. The molecule has 6 atom stereocenters. The second kappa shape index (κ2) is 10.8. The molecule has 2 aromatic rings. The van der Waals surface area contributed by atoms with Crippen molar-refractivity contribution in [1.82, 2.24) is 4.90 Å². The summed E-state index contributed by atoms with van der Waals surface area (Å²) < 4.78 is 11.9. The molecule has 1 spiro atoms. The van der Waals surface area contributed by atoms with Crippen molar-refractivity contribution in [3.8, 4) is 0 Å². The largest absolute Gasteiger partial charge is 0.466 e. The number of hydrogen-bond donors (Lipinski definition) is 1. The Kier molecular flexibility index (Phi) is 7.55. The number of fused-ring (bicyclic) bond motifs is 1. The Hall–Kier alpha value is -3.20. The molecule has 39 heavy (non-hydrogen) atoms. The zero-order valence-electron chi connectivity index (χ0n) is 22.1. The van der Waals surface area contributed by atoms with E-state index in [1.165, 1.54) is 9.80 Å². The molecule has 2 bridgehead atoms. The van der Waals surface area contributed by atoms with Gasteiger partial charge in [-0.15, -0.1) is 6.58 Å². The van der Waals surface area contributed by atoms with E-state index in [1.807, 2.05) is 43.3 Å². The number of para-hydroxylation sites is 1. The Morgan fingerprint density at radius 1 is 1.28 bits per heavy atom. The number of ether oxygens (including phenoxy) is 2. The Balaban J connectivity index is 1.67. The summed E-state index contributed by atoms with van der Waals surface area (Å²) in [7, 11) is 0. The summed E-state index contributed by atoms with van der Waals surface area (Å²) in [5.74, 6) is -3.02. The first-order valence-corrected chi connectivity index (χ1v) is 13.7. The van der Waals surface area contributed by atoms with Gasteiger partial charge in [0.25, 0.3) is 5.91 Å². The second-order valence-corrected chi connectivity index (χ2v) is 10.7. The molecular weight excluding hydrogens is 520 g/mol. The molecule has 0 aromatic heterocycles. The van der Waals surface area contributed by atoms with Gasteiger partial charge in [0, 0.05) is 6.54 Å². The molecule has 1 N–H and O–H groups in total. The average molecular weight is 553 g/mol. The molecule has 0 saturated carbocycles. The fourth-order valence-electron chi connectivity index (χ4n) is 6.78. The van der Waals surface area contributed by atoms with Crippen LogP contribution in [0.25, 0.3) is 0 Å². The molecule has 206 valence electrons. The maximum Gasteiger partial charge on any atom is 0.312 e. The number of nitrogens with zero attached hydrogens (tertiary/aromatic N) is 2. The third-order valence-corrected chi connectivity index (χ3v) is 8.56. The van der Waals surface area contributed by atoms with E-state index in [1.54, 1.807) is 25.1 Å². The van der Waals surface area contributed by atoms with Gasteiger partial charge in [0.2, 0.25) is 5.91 Å². The summed E-state index contributed by atoms with van der Waals surface area (Å²) >= 11 is 6.61. The highest BCUT2D eigenvalue weighted by Gasteiger charge is 2.75. The van der Waals surface area contributed by atoms with Gasteiger partial charge in [0.15, 0.2) is 0 Å². The lowest BCUT2D eigenvalue weighted by Crippen LogP contribution is -2.57. The van der Waals surface area contributed by atoms with Crippen LogP contribution >= 0.6 is 11.6 Å². The Morgan fingerprint density at radius 2 is 2.03 bits per heavy atom. The topological polar surface area (TPSA) is 96.4 Å². The highest BCUT2D eigenvalue weighted by atomic mass is 35.5. The molecule has 3 saturated heterocycles. The molecule has 2 amide bonds. The van der Waals surface area contributed by atoms with E-state index in [9.17, 15) is 19.5 Å². The van der Waals surface area contributed by atoms with Crippen molar-refractivity contribution in [1.29, 1.82) is 0 Å². The first-order valence-electron chi connectivity index (χ1n) is 13.3. The summed E-state index contributed by atoms with van der Waals surface area (Å²) in [4.78, 5) is 45.1. The molecule has 0 unspecified atom stereocenters. The number of amides is 2. The van der Waals surface area contributed by atoms with Crippen molar-refractivity contribution in [2.75, 3.05) is 24.7 Å². The van der Waals surface area contributed by atoms with Crippen LogP contribution in [0.3, 0.4) is 0 Å². The molecule has 9 heteroatoms. The maximum atomic E-state index is 14.7. The molecule has 3 fully saturated rings. The van der Waals surface area contributed by atoms with E-state index in [0.29, 0.717) is 29.1 Å². The highest BCUT2D eigenvalue weighted by Crippen LogP contribution is 2.60. The van der Waals surface area contributed by atoms with Gasteiger partial charge >= 0.3 is 5.97 Å². The number of esters is 1. The van der Waals surface area contributed by atoms with Gasteiger partial charge in [-0.25, -0.2) is 0 Å². The van der Waals surface area contributed by atoms with E-state index in [2.05, 4.69) is 6.58 Å². The van der Waals surface area contributed by atoms with Crippen molar-refractivity contribution in [3.63, 3.8) is 0 Å². The average Bonchev–Trinajstić information content (AvgIpc) is 3.57. The van der Waals surface area contributed by atoms with Gasteiger partial charge in [0.05, 0.1) is 47.9 Å². The van der Waals surface area contributed by atoms with Crippen LogP contribution in [-0.4, -0.2) is 65.3 Å². The first-order chi connectivity index (χ1) is 18.8. The molecule has 0 radical (unpaired) electrons. The smallest absolute Gasteiger partial charge is 0.312 e. The Labute approximate surface area is 233 Å². The third-order valence-electron chi connectivity index (χ3n) is 8.26. The summed E-state index contributed by atoms with van der Waals surface area (Å²) in [6, 6.07) is 12.5. The van der Waals surface area contributed by atoms with Crippen LogP contribution in [0.5, 0.6) is 0 Å². The summed E-state index contributed by atoms with van der Waals surface area (Å²) in [5.41, 5.74) is 0.734. The number of aryl methyl sites for hydroxylation is 1. The standard InChI is InChI=1S/C30H33ClN2O6/c1-4-16-32(25-18(3)10-9-13-20(25)31)28(36)26-30-15-14-22(39-30)23(29(37)38-5-2)24(30)27(35)33(26)21(17-34)19-11-7-6-8-12-19/h4,6-13,21-24,26,34H,1,5,14-17H2,2-3H3/t21-,22+,23-,24-,26+,30-/m1/s1. The van der Waals surface area contributed by atoms with Crippen molar-refractivity contribution < 1.29 is 29.0 Å². The number of rotatable bonds is 9. The van der Waals surface area contributed by atoms with Gasteiger partial charge < -0.3 is 24.4 Å². The molecular formula is C30H33ClN2O6. The quantitative estimate of drug-likeness (QED) is 0.375. The summed E-state index contributed by atoms with van der Waals surface area (Å²) in [6.45, 7) is 7.32. The monoisotopic (exact) mass is 552 g/mol. The lowest BCUT2D eigenvalue weighted by molar-refractivity contribution is -0.155. The number of halogens is 1. The van der Waals surface area contributed by atoms with Crippen LogP contribution in [-0.2, 0) is 23.9 Å². The van der Waals surface area contributed by atoms with E-state index < -0.39 is 60.0 Å². The lowest BCUT2D eigenvalue weighted by atomic mass is 9.70. The molecule has 3 aliphatic heterocycles. The van der Waals surface area contributed by atoms with Crippen molar-refractivity contribution in [3.05, 3.63) is 77.3 Å². The molecule has 3 aliphatic rings. The minimum absolute atomic E-state index is 0.141. The number of likely N-dealkylation sites (tertiary alicyclic amines) is 1. The van der Waals surface area contributed by atoms with Crippen molar-refractivity contribution in [2.45, 2.75) is 50.5 Å². The van der Waals surface area contributed by atoms with Crippen LogP contribution < -0.4 is 4.90 Å². The molecule has 5 rings (SSSR count). The van der Waals surface area contributed by atoms with Gasteiger partial charge in [-0.3, -0.25) is 14.4 Å². The minimum Gasteiger partial charge on any atom is -0.466 e. The Morgan fingerprint density at radius 3 is 2.67 bits per heavy atom. The van der Waals surface area contributed by atoms with Gasteiger partial charge in [-0.05, 0) is 43.9 Å². The van der Waals surface area contributed by atoms with Crippen molar-refractivity contribution in [2.24, 2.45) is 11.8 Å². The maximum absolute atomic E-state index is 14.7. The Bertz CT molecular complexity index is 1270. The summed E-state index contributed by atoms with van der Waals surface area (Å²) in [5, 5.41) is 11.0. The third kappa shape index (κ3) is 4.26. The minimum atomic E-state index is -1.24. The number of hydrogen-bond acceptors (Lipinski definition) is 6. The number of carbonyl (C=O) groups excluding carboxylic acids is 3. The number of carbonyl (C=O) groups is 3. The van der Waals surface area contributed by atoms with Crippen molar-refractivity contribution >= 4 is 35.1 Å². The lowest BCUT2D eigenvalue weighted by Gasteiger charge is -2.39. The number of aliphatic hydroxyl groups excluding tert-OH is 1. The predicted molar refractivity (Wildman–Crippen MR) is 146 cm³/mol. The van der Waals surface area contributed by atoms with E-state index in [4.69, 9.17) is 21.1 Å². The van der Waals surface area contributed by atoms with Crippen LogP contribution in [0.1, 0.15) is 36.9 Å². The van der Waals surface area contributed by atoms with Crippen LogP contribution in [0.4, 0.5) is 5.69 Å². The van der Waals surface area contributed by atoms with E-state index >= 15 is 0 Å². The van der Waals surface area contributed by atoms with Crippen LogP contribution in [0, 0.1) is 18.8 Å². The predicted octanol–water partition coefficient (Wildman–Crippen LogP) is 3.84. The van der Waals surface area contributed by atoms with Gasteiger partial charge in [-0.1, -0.05) is 60.1 Å². The number of benzene rings is 2. The van der Waals surface area contributed by atoms with Crippen LogP contribution in [0.2, 0.25) is 5.02 Å². The van der Waals surface area contributed by atoms with Crippen LogP contribution in [0.15, 0.2) is 61.2 Å². The zero-order chi connectivity index (χ0) is 27.9. The normalized spacial score (nSPS) is 27.8. The number of aliphatic hydroxyl groups is 1. The molecule has 3 heterocycles. The molecule has 0 aliphatic carbocycles. The second-order valence-electron chi connectivity index (χ2n) is 10.3. The van der Waals surface area contributed by atoms with E-state index in [0.717, 1.165) is 5.56 Å². The van der Waals surface area contributed by atoms with Gasteiger partial charge in [0.1, 0.15) is 11.6 Å². The number of anilines is 1. The first kappa shape index (κ1) is 27.4.